The Kier molecular flexibility index (Phi) is 0.471. The monoisotopic (exact) mass is 128 g/mol. The zero-order valence-corrected chi connectivity index (χ0v) is 4.32. The fourth-order valence-corrected chi connectivity index (χ4v) is 0.352. The van der Waals surface area contributed by atoms with Gasteiger partial charge in [0, 0.05) is 0 Å². The molecule has 0 atom stereocenters. The van der Waals surface area contributed by atoms with Gasteiger partial charge in [-0.25, -0.2) is 4.79 Å². The molecule has 0 unspecified atom stereocenters. The van der Waals surface area contributed by atoms with Crippen molar-refractivity contribution in [3.05, 3.63) is 35.8 Å². The van der Waals surface area contributed by atoms with Gasteiger partial charge in [0.1, 0.15) is 0 Å². The third-order valence-electron chi connectivity index (χ3n) is 0.704. The third kappa shape index (κ3) is 1.29. The molecule has 1 rings (SSSR count). The Hall–Kier alpha value is -1.31. The van der Waals surface area contributed by atoms with Crippen LogP contribution in [-0.2, 0) is 0 Å². The summed E-state index contributed by atoms with van der Waals surface area (Å²) < 4.78 is 42.7. The first-order chi connectivity index (χ1) is 6.91. The number of rotatable bonds is 1. The van der Waals surface area contributed by atoms with Crippen molar-refractivity contribution < 1.29 is 16.8 Å². The molecule has 0 bridgehead atoms. The molecule has 1 aromatic rings. The Labute approximate surface area is 61.3 Å². The number of carbonyl (C=O) groups is 1. The molecule has 46 valence electrons. The SMILES string of the molecule is [2H]OC(=O)c1c([2H])c([2H])c([2H])c([2H])c1[2H]. The number of carboxylic acids is 1. The van der Waals surface area contributed by atoms with E-state index in [4.69, 9.17) is 8.28 Å². The maximum Gasteiger partial charge on any atom is 0.335 e. The van der Waals surface area contributed by atoms with Crippen LogP contribution in [0.1, 0.15) is 17.2 Å². The van der Waals surface area contributed by atoms with Crippen molar-refractivity contribution >= 4 is 5.97 Å². The highest BCUT2D eigenvalue weighted by Gasteiger charge is 1.96. The summed E-state index contributed by atoms with van der Waals surface area (Å²) in [6.45, 7) is 0. The molecule has 9 heavy (non-hydrogen) atoms. The number of benzene rings is 1. The van der Waals surface area contributed by atoms with Gasteiger partial charge in [-0.15, -0.1) is 0 Å². The van der Waals surface area contributed by atoms with Crippen molar-refractivity contribution in [1.29, 1.82) is 1.43 Å². The average Bonchev–Trinajstić information content (AvgIpc) is 2.23. The van der Waals surface area contributed by atoms with Crippen LogP contribution in [0, 0.1) is 0 Å². The van der Waals surface area contributed by atoms with E-state index in [9.17, 15) is 4.79 Å². The molecule has 0 radical (unpaired) electrons. The van der Waals surface area contributed by atoms with Crippen molar-refractivity contribution in [3.63, 3.8) is 0 Å². The van der Waals surface area contributed by atoms with Crippen molar-refractivity contribution in [1.82, 2.24) is 0 Å². The average molecular weight is 128 g/mol. The summed E-state index contributed by atoms with van der Waals surface area (Å²) in [4.78, 5) is 11.0. The van der Waals surface area contributed by atoms with Crippen molar-refractivity contribution in [2.75, 3.05) is 0 Å². The first-order valence-electron chi connectivity index (χ1n) is 5.07. The van der Waals surface area contributed by atoms with Crippen molar-refractivity contribution in [3.8, 4) is 0 Å². The summed E-state index contributed by atoms with van der Waals surface area (Å²) in [6.07, 6.45) is 0. The van der Waals surface area contributed by atoms with Crippen LogP contribution in [0.15, 0.2) is 30.2 Å². The minimum atomic E-state index is -1.27. The molecule has 1 N–H and O–H groups in total. The van der Waals surface area contributed by atoms with Gasteiger partial charge >= 0.3 is 5.97 Å². The van der Waals surface area contributed by atoms with Gasteiger partial charge in [0.2, 0.25) is 0 Å². The Morgan fingerprint density at radius 2 is 2.22 bits per heavy atom. The minimum Gasteiger partial charge on any atom is -0.478 e. The molecule has 2 nitrogen and oxygen atoms in total. The second kappa shape index (κ2) is 2.31. The predicted octanol–water partition coefficient (Wildman–Crippen LogP) is 1.38. The lowest BCUT2D eigenvalue weighted by Crippen LogP contribution is -1.93. The van der Waals surface area contributed by atoms with Crippen LogP contribution in [0.2, 0.25) is 0 Å². The first-order valence-corrected chi connectivity index (χ1v) is 2.16. The lowest BCUT2D eigenvalue weighted by molar-refractivity contribution is 0.0697. The van der Waals surface area contributed by atoms with Crippen LogP contribution in [-0.4, -0.2) is 11.1 Å². The predicted molar refractivity (Wildman–Crippen MR) is 33.4 cm³/mol. The summed E-state index contributed by atoms with van der Waals surface area (Å²) in [6, 6.07) is -3.18. The van der Waals surface area contributed by atoms with E-state index < -0.39 is 41.7 Å². The topological polar surface area (TPSA) is 37.3 Å². The quantitative estimate of drug-likeness (QED) is 0.620. The Morgan fingerprint density at radius 1 is 1.56 bits per heavy atom. The van der Waals surface area contributed by atoms with Crippen LogP contribution >= 0.6 is 0 Å². The summed E-state index contributed by atoms with van der Waals surface area (Å²) in [5, 5.41) is 3.59. The summed E-state index contributed by atoms with van der Waals surface area (Å²) in [5.41, 5.74) is -0.629. The van der Waals surface area contributed by atoms with E-state index in [1.54, 1.807) is 0 Å². The molecule has 0 aromatic heterocycles. The van der Waals surface area contributed by atoms with Gasteiger partial charge in [-0.05, 0) is 12.1 Å². The molecule has 0 aliphatic heterocycles. The smallest absolute Gasteiger partial charge is 0.335 e. The highest BCUT2D eigenvalue weighted by Crippen LogP contribution is 1.96. The van der Waals surface area contributed by atoms with E-state index in [2.05, 4.69) is 5.11 Å². The molecule has 1 aromatic carbocycles. The van der Waals surface area contributed by atoms with Crippen LogP contribution in [0.25, 0.3) is 1.43 Å². The summed E-state index contributed by atoms with van der Waals surface area (Å²) in [7, 11) is 0. The lowest BCUT2D eigenvalue weighted by Gasteiger charge is -1.88. The van der Waals surface area contributed by atoms with Crippen LogP contribution in [0.4, 0.5) is 0 Å². The molecular formula is C7H6O2. The molecule has 0 saturated carbocycles. The fraction of sp³-hybridized carbons (Fsp3) is 0. The molecule has 0 saturated heterocycles. The van der Waals surface area contributed by atoms with Gasteiger partial charge in [0.25, 0.3) is 1.43 Å². The van der Waals surface area contributed by atoms with E-state index in [0.29, 0.717) is 0 Å². The van der Waals surface area contributed by atoms with E-state index in [0.717, 1.165) is 0 Å². The molecule has 0 amide bonds. The van der Waals surface area contributed by atoms with Gasteiger partial charge in [0.05, 0.1) is 12.4 Å². The second-order valence-electron chi connectivity index (χ2n) is 1.29. The van der Waals surface area contributed by atoms with E-state index in [-0.39, 0.29) is 0 Å². The van der Waals surface area contributed by atoms with E-state index in [1.165, 1.54) is 0 Å². The Bertz CT molecular complexity index is 401. The maximum absolute atomic E-state index is 11.0. The Morgan fingerprint density at radius 3 is 2.78 bits per heavy atom. The molecule has 0 aliphatic rings. The molecule has 2 heteroatoms. The fourth-order valence-electron chi connectivity index (χ4n) is 0.352. The second-order valence-corrected chi connectivity index (χ2v) is 1.29. The third-order valence-corrected chi connectivity index (χ3v) is 0.704. The standard InChI is InChI=1S/C7H6O2/c8-7(9)6-4-2-1-3-5-6/h1-5H,(H,8,9)/i1D,2D,3D,4D,5D/hD. The number of hydrogen-bond acceptors (Lipinski definition) is 2. The minimum absolute atomic E-state index is 0.591. The van der Waals surface area contributed by atoms with Gasteiger partial charge in [-0.3, -0.25) is 0 Å². The summed E-state index contributed by atoms with van der Waals surface area (Å²) >= 11 is 0. The van der Waals surface area contributed by atoms with Gasteiger partial charge in [-0.1, -0.05) is 18.1 Å². The van der Waals surface area contributed by atoms with Crippen molar-refractivity contribution in [2.24, 2.45) is 0 Å². The Balaban J connectivity index is 3.60. The number of carboxylic acid groups (broad SMARTS) is 1. The van der Waals surface area contributed by atoms with Crippen LogP contribution in [0.3, 0.4) is 0 Å². The molecule has 0 heterocycles. The van der Waals surface area contributed by atoms with Crippen LogP contribution < -0.4 is 0 Å². The molecule has 0 fully saturated rings. The highest BCUT2D eigenvalue weighted by molar-refractivity contribution is 5.87. The van der Waals surface area contributed by atoms with Crippen LogP contribution in [0.5, 0.6) is 0 Å². The summed E-state index contributed by atoms with van der Waals surface area (Å²) in [5.74, 6) is -1.27. The zero-order chi connectivity index (χ0) is 11.7. The van der Waals surface area contributed by atoms with Gasteiger partial charge in [0.15, 0.2) is 0 Å². The van der Waals surface area contributed by atoms with E-state index >= 15 is 0 Å². The molecular weight excluding hydrogens is 116 g/mol. The largest absolute Gasteiger partial charge is 0.478 e. The number of aromatic carboxylic acids is 1. The normalized spacial score (nSPS) is 17.8. The van der Waals surface area contributed by atoms with Gasteiger partial charge < -0.3 is 5.11 Å². The van der Waals surface area contributed by atoms with Gasteiger partial charge in [-0.2, -0.15) is 0 Å². The highest BCUT2D eigenvalue weighted by atomic mass is 16.4. The number of hydrogen-bond donors (Lipinski definition) is 1. The van der Waals surface area contributed by atoms with Crippen molar-refractivity contribution in [2.45, 2.75) is 0 Å². The molecule has 0 aliphatic carbocycles. The molecule has 0 spiro atoms. The van der Waals surface area contributed by atoms with E-state index in [1.807, 2.05) is 0 Å². The maximum atomic E-state index is 11.0. The first kappa shape index (κ1) is 1.84. The zero-order valence-electron chi connectivity index (χ0n) is 10.3. The lowest BCUT2D eigenvalue weighted by atomic mass is 10.2.